The van der Waals surface area contributed by atoms with E-state index in [9.17, 15) is 4.79 Å². The lowest BCUT2D eigenvalue weighted by Gasteiger charge is -2.26. The van der Waals surface area contributed by atoms with Gasteiger partial charge < -0.3 is 19.4 Å². The van der Waals surface area contributed by atoms with Gasteiger partial charge in [-0.25, -0.2) is 4.98 Å². The van der Waals surface area contributed by atoms with E-state index < -0.39 is 0 Å². The first-order valence-corrected chi connectivity index (χ1v) is 10.7. The minimum atomic E-state index is -0.224. The molecule has 0 spiro atoms. The summed E-state index contributed by atoms with van der Waals surface area (Å²) in [7, 11) is 0. The van der Waals surface area contributed by atoms with Gasteiger partial charge in [-0.2, -0.15) is 0 Å². The number of amides is 1. The van der Waals surface area contributed by atoms with Gasteiger partial charge in [-0.05, 0) is 36.8 Å². The van der Waals surface area contributed by atoms with Crippen LogP contribution in [0.4, 0.5) is 0 Å². The first-order chi connectivity index (χ1) is 14.0. The molecule has 0 radical (unpaired) electrons. The fraction of sp³-hybridized carbons (Fsp3) is 0.364. The number of imidazole rings is 1. The minimum absolute atomic E-state index is 0.00136. The molecular formula is C22H25N3O3S. The number of thioether (sulfide) groups is 1. The molecule has 7 heteroatoms. The molecule has 0 aliphatic carbocycles. The second kappa shape index (κ2) is 7.99. The van der Waals surface area contributed by atoms with Crippen LogP contribution >= 0.6 is 11.8 Å². The Morgan fingerprint density at radius 2 is 2.00 bits per heavy atom. The van der Waals surface area contributed by atoms with Gasteiger partial charge in [-0.1, -0.05) is 43.8 Å². The number of aromatic nitrogens is 2. The number of nitrogens with one attached hydrogen (secondary N) is 1. The van der Waals surface area contributed by atoms with Gasteiger partial charge >= 0.3 is 0 Å². The Balaban J connectivity index is 1.36. The Kier molecular flexibility index (Phi) is 5.41. The van der Waals surface area contributed by atoms with E-state index in [4.69, 9.17) is 9.47 Å². The highest BCUT2D eigenvalue weighted by atomic mass is 32.2. The van der Waals surface area contributed by atoms with E-state index in [1.807, 2.05) is 36.4 Å². The van der Waals surface area contributed by atoms with Gasteiger partial charge in [0.15, 0.2) is 16.7 Å². The van der Waals surface area contributed by atoms with Crippen LogP contribution in [0.25, 0.3) is 11.0 Å². The number of ether oxygens (including phenoxy) is 2. The molecule has 0 bridgehead atoms. The molecule has 0 atom stereocenters. The number of aryl methyl sites for hydroxylation is 1. The summed E-state index contributed by atoms with van der Waals surface area (Å²) in [5, 5.41) is 3.94. The van der Waals surface area contributed by atoms with Crippen molar-refractivity contribution < 1.29 is 14.3 Å². The zero-order chi connectivity index (χ0) is 20.4. The van der Waals surface area contributed by atoms with Crippen molar-refractivity contribution in [3.8, 4) is 11.5 Å². The molecule has 29 heavy (non-hydrogen) atoms. The maximum Gasteiger partial charge on any atom is 0.231 e. The number of para-hydroxylation sites is 2. The highest BCUT2D eigenvalue weighted by molar-refractivity contribution is 7.99. The van der Waals surface area contributed by atoms with Crippen LogP contribution in [0.1, 0.15) is 26.3 Å². The molecule has 4 rings (SSSR count). The van der Waals surface area contributed by atoms with Crippen molar-refractivity contribution in [2.45, 2.75) is 37.9 Å². The lowest BCUT2D eigenvalue weighted by Crippen LogP contribution is -2.37. The summed E-state index contributed by atoms with van der Waals surface area (Å²) in [6.45, 7) is 7.92. The third kappa shape index (κ3) is 4.05. The van der Waals surface area contributed by atoms with Crippen molar-refractivity contribution in [1.29, 1.82) is 0 Å². The number of nitrogens with zero attached hydrogens (tertiary/aromatic N) is 2. The number of carbonyl (C=O) groups excluding carboxylic acids is 1. The van der Waals surface area contributed by atoms with E-state index in [0.717, 1.165) is 39.8 Å². The van der Waals surface area contributed by atoms with E-state index in [2.05, 4.69) is 41.7 Å². The van der Waals surface area contributed by atoms with Crippen molar-refractivity contribution in [2.75, 3.05) is 19.1 Å². The summed E-state index contributed by atoms with van der Waals surface area (Å²) in [6.07, 6.45) is 0. The summed E-state index contributed by atoms with van der Waals surface area (Å²) < 4.78 is 13.0. The predicted molar refractivity (Wildman–Crippen MR) is 115 cm³/mol. The van der Waals surface area contributed by atoms with Crippen LogP contribution in [0.3, 0.4) is 0 Å². The molecule has 1 N–H and O–H groups in total. The van der Waals surface area contributed by atoms with Gasteiger partial charge in [0.25, 0.3) is 0 Å². The van der Waals surface area contributed by atoms with Crippen LogP contribution < -0.4 is 14.8 Å². The van der Waals surface area contributed by atoms with Gasteiger partial charge in [0, 0.05) is 18.5 Å². The minimum Gasteiger partial charge on any atom is -0.454 e. The molecule has 6 nitrogen and oxygen atoms in total. The molecule has 0 unspecified atom stereocenters. The van der Waals surface area contributed by atoms with Crippen molar-refractivity contribution in [1.82, 2.24) is 14.9 Å². The third-order valence-corrected chi connectivity index (χ3v) is 6.13. The average molecular weight is 412 g/mol. The molecule has 1 aliphatic heterocycles. The highest BCUT2D eigenvalue weighted by Gasteiger charge is 2.25. The van der Waals surface area contributed by atoms with Crippen LogP contribution in [0.5, 0.6) is 11.5 Å². The Bertz CT molecular complexity index is 1040. The Morgan fingerprint density at radius 1 is 1.21 bits per heavy atom. The number of rotatable bonds is 7. The fourth-order valence-corrected chi connectivity index (χ4v) is 4.30. The fourth-order valence-electron chi connectivity index (χ4n) is 3.39. The second-order valence-electron chi connectivity index (χ2n) is 7.64. The summed E-state index contributed by atoms with van der Waals surface area (Å²) in [5.41, 5.74) is 2.93. The van der Waals surface area contributed by atoms with Crippen molar-refractivity contribution >= 4 is 28.7 Å². The summed E-state index contributed by atoms with van der Waals surface area (Å²) in [6, 6.07) is 14.0. The molecule has 2 heterocycles. The Labute approximate surface area is 174 Å². The second-order valence-corrected chi connectivity index (χ2v) is 8.59. The summed E-state index contributed by atoms with van der Waals surface area (Å²) in [5.74, 6) is 1.86. The lowest BCUT2D eigenvalue weighted by molar-refractivity contribution is -0.118. The molecule has 3 aromatic rings. The van der Waals surface area contributed by atoms with E-state index in [0.29, 0.717) is 12.3 Å². The molecule has 0 saturated heterocycles. The van der Waals surface area contributed by atoms with E-state index >= 15 is 0 Å². The number of hydrogen-bond acceptors (Lipinski definition) is 5. The summed E-state index contributed by atoms with van der Waals surface area (Å²) in [4.78, 5) is 17.1. The zero-order valence-corrected chi connectivity index (χ0v) is 17.7. The topological polar surface area (TPSA) is 65.4 Å². The molecule has 0 saturated carbocycles. The average Bonchev–Trinajstić information content (AvgIpc) is 3.33. The quantitative estimate of drug-likeness (QED) is 0.596. The van der Waals surface area contributed by atoms with Crippen LogP contribution in [0.15, 0.2) is 47.6 Å². The smallest absolute Gasteiger partial charge is 0.231 e. The van der Waals surface area contributed by atoms with Crippen LogP contribution in [0.2, 0.25) is 0 Å². The monoisotopic (exact) mass is 411 g/mol. The van der Waals surface area contributed by atoms with Crippen molar-refractivity contribution in [3.63, 3.8) is 0 Å². The Hall–Kier alpha value is -2.67. The molecule has 0 fully saturated rings. The first kappa shape index (κ1) is 19.6. The number of hydrogen-bond donors (Lipinski definition) is 1. The molecule has 1 amide bonds. The normalized spacial score (nSPS) is 13.1. The standard InChI is InChI=1S/C22H25N3O3S/c1-4-25-17-8-6-5-7-16(17)24-21(25)29-12-20(26)23-13-22(2,3)15-9-10-18-19(11-15)28-14-27-18/h5-11H,4,12-14H2,1-3H3,(H,23,26). The van der Waals surface area contributed by atoms with Gasteiger partial charge in [-0.15, -0.1) is 0 Å². The summed E-state index contributed by atoms with van der Waals surface area (Å²) >= 11 is 1.47. The van der Waals surface area contributed by atoms with Crippen molar-refractivity contribution in [3.05, 3.63) is 48.0 Å². The molecular weight excluding hydrogens is 386 g/mol. The predicted octanol–water partition coefficient (Wildman–Crippen LogP) is 3.97. The lowest BCUT2D eigenvalue weighted by atomic mass is 9.84. The van der Waals surface area contributed by atoms with E-state index in [1.54, 1.807) is 0 Å². The molecule has 1 aromatic heterocycles. The molecule has 1 aliphatic rings. The van der Waals surface area contributed by atoms with E-state index in [1.165, 1.54) is 11.8 Å². The largest absolute Gasteiger partial charge is 0.454 e. The van der Waals surface area contributed by atoms with Crippen molar-refractivity contribution in [2.24, 2.45) is 0 Å². The SMILES string of the molecule is CCn1c(SCC(=O)NCC(C)(C)c2ccc3c(c2)OCO3)nc2ccccc21. The van der Waals surface area contributed by atoms with Crippen LogP contribution in [-0.4, -0.2) is 34.5 Å². The first-order valence-electron chi connectivity index (χ1n) is 9.73. The number of fused-ring (bicyclic) bond motifs is 2. The van der Waals surface area contributed by atoms with Crippen LogP contribution in [0, 0.1) is 0 Å². The third-order valence-electron chi connectivity index (χ3n) is 5.15. The zero-order valence-electron chi connectivity index (χ0n) is 16.9. The van der Waals surface area contributed by atoms with Gasteiger partial charge in [-0.3, -0.25) is 4.79 Å². The van der Waals surface area contributed by atoms with Crippen LogP contribution in [-0.2, 0) is 16.8 Å². The maximum absolute atomic E-state index is 12.5. The Morgan fingerprint density at radius 3 is 2.83 bits per heavy atom. The molecule has 152 valence electrons. The van der Waals surface area contributed by atoms with Gasteiger partial charge in [0.2, 0.25) is 12.7 Å². The van der Waals surface area contributed by atoms with Gasteiger partial charge in [0.1, 0.15) is 0 Å². The number of benzene rings is 2. The van der Waals surface area contributed by atoms with Gasteiger partial charge in [0.05, 0.1) is 16.8 Å². The van der Waals surface area contributed by atoms with E-state index in [-0.39, 0.29) is 18.1 Å². The number of carbonyl (C=O) groups is 1. The highest BCUT2D eigenvalue weighted by Crippen LogP contribution is 2.36. The maximum atomic E-state index is 12.5. The molecule has 2 aromatic carbocycles.